The number of carbonyl (C=O) groups excluding carboxylic acids is 1. The third-order valence-corrected chi connectivity index (χ3v) is 3.29. The molecule has 0 aliphatic carbocycles. The monoisotopic (exact) mass is 304 g/mol. The van der Waals surface area contributed by atoms with Gasteiger partial charge < -0.3 is 9.80 Å². The summed E-state index contributed by atoms with van der Waals surface area (Å²) in [5, 5.41) is 0. The first-order valence-corrected chi connectivity index (χ1v) is 6.58. The zero-order valence-electron chi connectivity index (χ0n) is 12.8. The van der Waals surface area contributed by atoms with Gasteiger partial charge in [-0.25, -0.2) is 0 Å². The van der Waals surface area contributed by atoms with Gasteiger partial charge in [-0.1, -0.05) is 0 Å². The maximum absolute atomic E-state index is 12.4. The van der Waals surface area contributed by atoms with Gasteiger partial charge in [0.1, 0.15) is 0 Å². The summed E-state index contributed by atoms with van der Waals surface area (Å²) in [6.45, 7) is 0. The fraction of sp³-hybridized carbons (Fsp3) is 0.235. The zero-order chi connectivity index (χ0) is 14.7. The molecule has 21 heavy (non-hydrogen) atoms. The lowest BCUT2D eigenvalue weighted by molar-refractivity contribution is 0.103. The molecule has 0 saturated heterocycles. The molecular formula is C17H21ClN2O. The normalized spacial score (nSPS) is 9.71. The molecule has 0 aliphatic heterocycles. The first kappa shape index (κ1) is 17.1. The van der Waals surface area contributed by atoms with E-state index in [0.717, 1.165) is 11.4 Å². The highest BCUT2D eigenvalue weighted by Crippen LogP contribution is 2.18. The van der Waals surface area contributed by atoms with Gasteiger partial charge in [-0.2, -0.15) is 0 Å². The number of hydrogen-bond donors (Lipinski definition) is 0. The largest absolute Gasteiger partial charge is 0.378 e. The lowest BCUT2D eigenvalue weighted by atomic mass is 10.0. The van der Waals surface area contributed by atoms with Crippen LogP contribution in [-0.2, 0) is 0 Å². The van der Waals surface area contributed by atoms with Crippen LogP contribution in [0.15, 0.2) is 48.5 Å². The van der Waals surface area contributed by atoms with Crippen molar-refractivity contribution < 1.29 is 4.79 Å². The number of carbonyl (C=O) groups is 1. The molecule has 0 bridgehead atoms. The zero-order valence-corrected chi connectivity index (χ0v) is 13.6. The molecule has 0 amide bonds. The van der Waals surface area contributed by atoms with Crippen molar-refractivity contribution in [3.63, 3.8) is 0 Å². The van der Waals surface area contributed by atoms with Crippen LogP contribution >= 0.6 is 12.4 Å². The SMILES string of the molecule is CN(C)c1ccc(C(=O)c2ccc(N(C)C)cc2)cc1.Cl. The predicted octanol–water partition coefficient (Wildman–Crippen LogP) is 3.47. The van der Waals surface area contributed by atoms with Crippen molar-refractivity contribution in [3.05, 3.63) is 59.7 Å². The summed E-state index contributed by atoms with van der Waals surface area (Å²) in [7, 11) is 7.93. The topological polar surface area (TPSA) is 23.6 Å². The van der Waals surface area contributed by atoms with E-state index in [4.69, 9.17) is 0 Å². The van der Waals surface area contributed by atoms with Crippen LogP contribution < -0.4 is 9.80 Å². The van der Waals surface area contributed by atoms with Gasteiger partial charge in [0.25, 0.3) is 0 Å². The molecule has 4 heteroatoms. The van der Waals surface area contributed by atoms with Gasteiger partial charge in [0, 0.05) is 50.7 Å². The van der Waals surface area contributed by atoms with Gasteiger partial charge in [0.2, 0.25) is 0 Å². The molecule has 0 aliphatic rings. The fourth-order valence-electron chi connectivity index (χ4n) is 1.99. The maximum Gasteiger partial charge on any atom is 0.193 e. The van der Waals surface area contributed by atoms with E-state index < -0.39 is 0 Å². The van der Waals surface area contributed by atoms with Gasteiger partial charge in [0.05, 0.1) is 0 Å². The van der Waals surface area contributed by atoms with Crippen molar-refractivity contribution in [2.75, 3.05) is 38.0 Å². The highest BCUT2D eigenvalue weighted by molar-refractivity contribution is 6.09. The number of rotatable bonds is 4. The number of hydrogen-bond acceptors (Lipinski definition) is 3. The molecule has 2 aromatic carbocycles. The van der Waals surface area contributed by atoms with Crippen molar-refractivity contribution in [1.29, 1.82) is 0 Å². The van der Waals surface area contributed by atoms with Crippen molar-refractivity contribution in [1.82, 2.24) is 0 Å². The summed E-state index contributed by atoms with van der Waals surface area (Å²) in [6.07, 6.45) is 0. The lowest BCUT2D eigenvalue weighted by Crippen LogP contribution is -2.10. The molecule has 0 heterocycles. The second-order valence-corrected chi connectivity index (χ2v) is 5.21. The van der Waals surface area contributed by atoms with Crippen LogP contribution in [0.4, 0.5) is 11.4 Å². The average molecular weight is 305 g/mol. The summed E-state index contributed by atoms with van der Waals surface area (Å²) in [6, 6.07) is 15.3. The molecule has 112 valence electrons. The molecule has 2 rings (SSSR count). The van der Waals surface area contributed by atoms with Crippen molar-refractivity contribution in [2.45, 2.75) is 0 Å². The Kier molecular flexibility index (Phi) is 5.79. The van der Waals surface area contributed by atoms with E-state index in [1.807, 2.05) is 86.5 Å². The number of ketones is 1. The van der Waals surface area contributed by atoms with Crippen molar-refractivity contribution in [2.24, 2.45) is 0 Å². The van der Waals surface area contributed by atoms with Crippen molar-refractivity contribution >= 4 is 29.6 Å². The Labute approximate surface area is 132 Å². The van der Waals surface area contributed by atoms with Crippen LogP contribution in [0, 0.1) is 0 Å². The molecule has 0 radical (unpaired) electrons. The standard InChI is InChI=1S/C17H20N2O.ClH/c1-18(2)15-9-5-13(6-10-15)17(20)14-7-11-16(12-8-14)19(3)4;/h5-12H,1-4H3;1H. The van der Waals surface area contributed by atoms with Crippen LogP contribution in [0.1, 0.15) is 15.9 Å². The minimum Gasteiger partial charge on any atom is -0.378 e. The van der Waals surface area contributed by atoms with Gasteiger partial charge in [-0.3, -0.25) is 4.79 Å². The smallest absolute Gasteiger partial charge is 0.193 e. The fourth-order valence-corrected chi connectivity index (χ4v) is 1.99. The van der Waals surface area contributed by atoms with E-state index in [-0.39, 0.29) is 18.2 Å². The molecule has 0 spiro atoms. The third kappa shape index (κ3) is 3.99. The molecule has 0 atom stereocenters. The average Bonchev–Trinajstić information content (AvgIpc) is 2.46. The van der Waals surface area contributed by atoms with Gasteiger partial charge in [-0.15, -0.1) is 12.4 Å². The second-order valence-electron chi connectivity index (χ2n) is 5.21. The van der Waals surface area contributed by atoms with E-state index in [9.17, 15) is 4.79 Å². The highest BCUT2D eigenvalue weighted by atomic mass is 35.5. The summed E-state index contributed by atoms with van der Waals surface area (Å²) >= 11 is 0. The number of anilines is 2. The third-order valence-electron chi connectivity index (χ3n) is 3.29. The van der Waals surface area contributed by atoms with Crippen LogP contribution in [0.25, 0.3) is 0 Å². The summed E-state index contributed by atoms with van der Waals surface area (Å²) in [4.78, 5) is 16.4. The van der Waals surface area contributed by atoms with Gasteiger partial charge in [-0.05, 0) is 48.5 Å². The second kappa shape index (κ2) is 7.14. The van der Waals surface area contributed by atoms with E-state index in [2.05, 4.69) is 0 Å². The molecule has 0 saturated carbocycles. The molecule has 0 fully saturated rings. The Balaban J connectivity index is 0.00000220. The Morgan fingerprint density at radius 3 is 1.19 bits per heavy atom. The van der Waals surface area contributed by atoms with E-state index in [1.54, 1.807) is 0 Å². The molecule has 0 aromatic heterocycles. The van der Waals surface area contributed by atoms with Crippen LogP contribution in [0.2, 0.25) is 0 Å². The van der Waals surface area contributed by atoms with Crippen molar-refractivity contribution in [3.8, 4) is 0 Å². The van der Waals surface area contributed by atoms with Crippen LogP contribution in [0.5, 0.6) is 0 Å². The first-order valence-electron chi connectivity index (χ1n) is 6.58. The van der Waals surface area contributed by atoms with E-state index in [1.165, 1.54) is 0 Å². The van der Waals surface area contributed by atoms with Gasteiger partial charge in [0.15, 0.2) is 5.78 Å². The minimum absolute atomic E-state index is 0. The minimum atomic E-state index is 0. The van der Waals surface area contributed by atoms with E-state index in [0.29, 0.717) is 11.1 Å². The summed E-state index contributed by atoms with van der Waals surface area (Å²) < 4.78 is 0. The Morgan fingerprint density at radius 2 is 0.952 bits per heavy atom. The lowest BCUT2D eigenvalue weighted by Gasteiger charge is -2.13. The highest BCUT2D eigenvalue weighted by Gasteiger charge is 2.09. The first-order chi connectivity index (χ1) is 9.49. The van der Waals surface area contributed by atoms with E-state index >= 15 is 0 Å². The maximum atomic E-state index is 12.4. The molecule has 0 N–H and O–H groups in total. The number of halogens is 1. The Morgan fingerprint density at radius 1 is 0.667 bits per heavy atom. The molecule has 3 nitrogen and oxygen atoms in total. The Bertz CT molecular complexity index is 536. The van der Waals surface area contributed by atoms with Gasteiger partial charge >= 0.3 is 0 Å². The number of benzene rings is 2. The van der Waals surface area contributed by atoms with Crippen LogP contribution in [0.3, 0.4) is 0 Å². The Hall–Kier alpha value is -2.00. The van der Waals surface area contributed by atoms with Crippen LogP contribution in [-0.4, -0.2) is 34.0 Å². The predicted molar refractivity (Wildman–Crippen MR) is 92.2 cm³/mol. The number of nitrogens with zero attached hydrogens (tertiary/aromatic N) is 2. The quantitative estimate of drug-likeness (QED) is 0.808. The molecular weight excluding hydrogens is 284 g/mol. The molecule has 0 unspecified atom stereocenters. The summed E-state index contributed by atoms with van der Waals surface area (Å²) in [5.74, 6) is 0.0561. The molecule has 2 aromatic rings. The summed E-state index contributed by atoms with van der Waals surface area (Å²) in [5.41, 5.74) is 3.61.